The molecule has 2 aromatic heterocycles. The van der Waals surface area contributed by atoms with E-state index < -0.39 is 0 Å². The second-order valence-corrected chi connectivity index (χ2v) is 9.49. The molecule has 4 aromatic rings. The minimum absolute atomic E-state index is 0.462. The van der Waals surface area contributed by atoms with Crippen molar-refractivity contribution >= 4 is 64.3 Å². The monoisotopic (exact) mass is 408 g/mol. The molecule has 0 spiro atoms. The first-order chi connectivity index (χ1) is 9.88. The van der Waals surface area contributed by atoms with E-state index in [0.29, 0.717) is 29.5 Å². The van der Waals surface area contributed by atoms with Crippen molar-refractivity contribution < 1.29 is 0 Å². The van der Waals surface area contributed by atoms with E-state index in [1.54, 1.807) is 17.9 Å². The van der Waals surface area contributed by atoms with E-state index in [4.69, 9.17) is 0 Å². The summed E-state index contributed by atoms with van der Waals surface area (Å²) in [7, 11) is 0. The van der Waals surface area contributed by atoms with Gasteiger partial charge in [0.15, 0.2) is 0 Å². The number of hydrogen-bond acceptors (Lipinski definition) is 1. The molecule has 3 heteroatoms. The maximum atomic E-state index is 2.35. The molecule has 2 aromatic carbocycles. The molecule has 0 radical (unpaired) electrons. The summed E-state index contributed by atoms with van der Waals surface area (Å²) in [4.78, 5) is 0. The molecule has 0 bridgehead atoms. The molecule has 2 heterocycles. The number of fused-ring (bicyclic) bond motifs is 3. The van der Waals surface area contributed by atoms with E-state index >= 15 is 0 Å². The van der Waals surface area contributed by atoms with Crippen LogP contribution in [0.25, 0.3) is 29.0 Å². The average molecular weight is 406 g/mol. The van der Waals surface area contributed by atoms with Crippen LogP contribution in [-0.2, 0) is 0 Å². The van der Waals surface area contributed by atoms with Crippen molar-refractivity contribution in [1.82, 2.24) is 0 Å². The first-order valence-electron chi connectivity index (χ1n) is 6.42. The van der Waals surface area contributed by atoms with Crippen LogP contribution < -0.4 is 4.46 Å². The molecule has 0 aliphatic heterocycles. The Labute approximate surface area is 134 Å². The summed E-state index contributed by atoms with van der Waals surface area (Å²) in [6.07, 6.45) is 0. The van der Waals surface area contributed by atoms with Crippen LogP contribution in [0.3, 0.4) is 0 Å². The van der Waals surface area contributed by atoms with Crippen LogP contribution in [-0.4, -0.2) is 29.5 Å². The van der Waals surface area contributed by atoms with Gasteiger partial charge in [-0.2, -0.15) is 0 Å². The molecule has 0 aliphatic rings. The molecule has 98 valence electrons. The van der Waals surface area contributed by atoms with Gasteiger partial charge in [0.25, 0.3) is 0 Å². The van der Waals surface area contributed by atoms with Crippen molar-refractivity contribution in [2.45, 2.75) is 5.82 Å². The number of thiophene rings is 1. The zero-order valence-electron chi connectivity index (χ0n) is 10.9. The second-order valence-electron chi connectivity index (χ2n) is 4.59. The SMILES string of the molecule is C[Se]c1c(-c2ccccc2)[se]c2c1sc1ccccc12. The Kier molecular flexibility index (Phi) is 3.34. The predicted molar refractivity (Wildman–Crippen MR) is 93.0 cm³/mol. The van der Waals surface area contributed by atoms with Crippen LogP contribution in [0.5, 0.6) is 0 Å². The van der Waals surface area contributed by atoms with Gasteiger partial charge in [0.2, 0.25) is 0 Å². The summed E-state index contributed by atoms with van der Waals surface area (Å²) >= 11 is 3.01. The quantitative estimate of drug-likeness (QED) is 0.439. The van der Waals surface area contributed by atoms with E-state index in [1.807, 2.05) is 11.3 Å². The molecule has 0 N–H and O–H groups in total. The zero-order valence-corrected chi connectivity index (χ0v) is 15.2. The molecule has 4 rings (SSSR count). The third kappa shape index (κ3) is 1.94. The molecule has 0 atom stereocenters. The standard InChI is InChI=1S/C17H12SSe2/c1-19-17-14-16(12-9-5-6-10-13(12)18-14)20-15(17)11-7-3-2-4-8-11/h2-10H,1H3. The van der Waals surface area contributed by atoms with Crippen LogP contribution in [0.1, 0.15) is 0 Å². The average Bonchev–Trinajstić information content (AvgIpc) is 3.03. The first-order valence-corrected chi connectivity index (χ1v) is 11.5. The van der Waals surface area contributed by atoms with Crippen molar-refractivity contribution in [3.8, 4) is 10.0 Å². The van der Waals surface area contributed by atoms with E-state index in [-0.39, 0.29) is 0 Å². The zero-order chi connectivity index (χ0) is 13.5. The van der Waals surface area contributed by atoms with E-state index in [9.17, 15) is 0 Å². The Hall–Kier alpha value is -0.821. The van der Waals surface area contributed by atoms with Gasteiger partial charge in [-0.1, -0.05) is 0 Å². The third-order valence-electron chi connectivity index (χ3n) is 3.41. The molecular weight excluding hydrogens is 394 g/mol. The van der Waals surface area contributed by atoms with Gasteiger partial charge in [-0.3, -0.25) is 0 Å². The van der Waals surface area contributed by atoms with Crippen LogP contribution in [0, 0.1) is 0 Å². The Morgan fingerprint density at radius 2 is 1.70 bits per heavy atom. The van der Waals surface area contributed by atoms with Gasteiger partial charge < -0.3 is 0 Å². The van der Waals surface area contributed by atoms with E-state index in [1.165, 1.54) is 15.6 Å². The molecular formula is C17H12SSe2. The van der Waals surface area contributed by atoms with E-state index in [2.05, 4.69) is 60.4 Å². The summed E-state index contributed by atoms with van der Waals surface area (Å²) in [6.45, 7) is 0. The maximum absolute atomic E-state index is 2.35. The van der Waals surface area contributed by atoms with Gasteiger partial charge in [0, 0.05) is 0 Å². The number of rotatable bonds is 2. The van der Waals surface area contributed by atoms with Gasteiger partial charge in [-0.15, -0.1) is 0 Å². The molecule has 0 unspecified atom stereocenters. The van der Waals surface area contributed by atoms with Crippen molar-refractivity contribution in [3.63, 3.8) is 0 Å². The predicted octanol–water partition coefficient (Wildman–Crippen LogP) is 4.16. The van der Waals surface area contributed by atoms with Crippen molar-refractivity contribution in [1.29, 1.82) is 0 Å². The Morgan fingerprint density at radius 1 is 0.950 bits per heavy atom. The fraction of sp³-hybridized carbons (Fsp3) is 0.0588. The fourth-order valence-electron chi connectivity index (χ4n) is 2.49. The Balaban J connectivity index is 2.08. The summed E-state index contributed by atoms with van der Waals surface area (Å²) in [6, 6.07) is 19.8. The van der Waals surface area contributed by atoms with Crippen LogP contribution in [0.2, 0.25) is 5.82 Å². The fourth-order valence-corrected chi connectivity index (χ4v) is 10.3. The Morgan fingerprint density at radius 3 is 2.50 bits per heavy atom. The van der Waals surface area contributed by atoms with Gasteiger partial charge in [-0.05, 0) is 0 Å². The summed E-state index contributed by atoms with van der Waals surface area (Å²) < 4.78 is 7.91. The van der Waals surface area contributed by atoms with Gasteiger partial charge in [0.05, 0.1) is 0 Å². The number of hydrogen-bond donors (Lipinski definition) is 0. The van der Waals surface area contributed by atoms with Gasteiger partial charge in [-0.25, -0.2) is 0 Å². The molecule has 0 nitrogen and oxygen atoms in total. The molecule has 0 amide bonds. The van der Waals surface area contributed by atoms with Crippen LogP contribution in [0.4, 0.5) is 0 Å². The normalized spacial score (nSPS) is 11.4. The van der Waals surface area contributed by atoms with Crippen LogP contribution >= 0.6 is 11.3 Å². The molecule has 20 heavy (non-hydrogen) atoms. The number of benzene rings is 2. The Bertz CT molecular complexity index is 887. The topological polar surface area (TPSA) is 0 Å². The molecule has 0 saturated heterocycles. The molecule has 0 saturated carbocycles. The molecule has 0 aliphatic carbocycles. The summed E-state index contributed by atoms with van der Waals surface area (Å²) in [5.41, 5.74) is 1.43. The van der Waals surface area contributed by atoms with Crippen molar-refractivity contribution in [2.24, 2.45) is 0 Å². The summed E-state index contributed by atoms with van der Waals surface area (Å²) in [5, 5.41) is 1.49. The van der Waals surface area contributed by atoms with Crippen molar-refractivity contribution in [3.05, 3.63) is 54.6 Å². The second kappa shape index (κ2) is 5.18. The summed E-state index contributed by atoms with van der Waals surface area (Å²) in [5.74, 6) is 2.35. The minimum atomic E-state index is 0.462. The van der Waals surface area contributed by atoms with Gasteiger partial charge in [0.1, 0.15) is 0 Å². The van der Waals surface area contributed by atoms with E-state index in [0.717, 1.165) is 0 Å². The third-order valence-corrected chi connectivity index (χ3v) is 10.2. The first kappa shape index (κ1) is 12.9. The van der Waals surface area contributed by atoms with Gasteiger partial charge >= 0.3 is 135 Å². The van der Waals surface area contributed by atoms with Crippen LogP contribution in [0.15, 0.2) is 54.6 Å². The molecule has 0 fully saturated rings. The van der Waals surface area contributed by atoms with Crippen molar-refractivity contribution in [2.75, 3.05) is 0 Å².